The van der Waals surface area contributed by atoms with Crippen LogP contribution in [0.2, 0.25) is 10.0 Å². The van der Waals surface area contributed by atoms with E-state index in [1.165, 1.54) is 32.9 Å². The van der Waals surface area contributed by atoms with E-state index in [-0.39, 0.29) is 40.8 Å². The van der Waals surface area contributed by atoms with Gasteiger partial charge in [-0.25, -0.2) is 12.8 Å². The van der Waals surface area contributed by atoms with Gasteiger partial charge in [0.2, 0.25) is 15.9 Å². The summed E-state index contributed by atoms with van der Waals surface area (Å²) >= 11 is 13.9. The average molecular weight is 597 g/mol. The second-order valence-corrected chi connectivity index (χ2v) is 13.4. The van der Waals surface area contributed by atoms with Crippen LogP contribution >= 0.6 is 34.5 Å². The van der Waals surface area contributed by atoms with Crippen molar-refractivity contribution in [1.82, 2.24) is 14.1 Å². The second-order valence-electron chi connectivity index (χ2n) is 9.67. The molecule has 3 heterocycles. The summed E-state index contributed by atoms with van der Waals surface area (Å²) in [6, 6.07) is 12.6. The quantitative estimate of drug-likeness (QED) is 0.380. The van der Waals surface area contributed by atoms with Crippen molar-refractivity contribution in [3.8, 4) is 0 Å². The standard InChI is InChI=1S/C27H28Cl2FN3O3S2/c1-18-17-32(12-13-33(18)38(35,36)25-16-20(28)5-6-23(25)29)26(34)8-11-31-10-7-24-22(9-14-37-24)27(31)19-3-2-4-21(30)15-19/h2-6,9,14-16,18,27H,7-8,10-13,17H2,1H3/t18-,27-/m1/s1. The molecule has 0 bridgehead atoms. The average Bonchev–Trinajstić information content (AvgIpc) is 3.37. The number of sulfonamides is 1. The van der Waals surface area contributed by atoms with Crippen molar-refractivity contribution in [2.75, 3.05) is 32.7 Å². The van der Waals surface area contributed by atoms with Crippen LogP contribution in [0.25, 0.3) is 0 Å². The number of piperazine rings is 1. The van der Waals surface area contributed by atoms with Crippen LogP contribution in [-0.2, 0) is 21.2 Å². The molecule has 0 aliphatic carbocycles. The van der Waals surface area contributed by atoms with Gasteiger partial charge in [0.1, 0.15) is 10.7 Å². The smallest absolute Gasteiger partial charge is 0.244 e. The zero-order valence-corrected chi connectivity index (χ0v) is 24.0. The van der Waals surface area contributed by atoms with Crippen LogP contribution < -0.4 is 0 Å². The Hall–Kier alpha value is -2.01. The molecule has 6 nitrogen and oxygen atoms in total. The molecule has 0 saturated carbocycles. The number of benzene rings is 2. The molecule has 1 fully saturated rings. The van der Waals surface area contributed by atoms with Crippen molar-refractivity contribution in [2.45, 2.75) is 36.7 Å². The number of thiophene rings is 1. The number of halogens is 3. The second kappa shape index (κ2) is 11.2. The van der Waals surface area contributed by atoms with Crippen molar-refractivity contribution in [3.63, 3.8) is 0 Å². The number of carbonyl (C=O) groups is 1. The molecule has 1 aromatic heterocycles. The van der Waals surface area contributed by atoms with Crippen LogP contribution in [0.1, 0.15) is 35.4 Å². The molecule has 0 unspecified atom stereocenters. The highest BCUT2D eigenvalue weighted by Gasteiger charge is 2.37. The Morgan fingerprint density at radius 1 is 1.11 bits per heavy atom. The SMILES string of the molecule is C[C@@H]1CN(C(=O)CCN2CCc3sccc3[C@H]2c2cccc(F)c2)CCN1S(=O)(=O)c1cc(Cl)ccc1Cl. The Labute approximate surface area is 236 Å². The van der Waals surface area contributed by atoms with Gasteiger partial charge in [0.05, 0.1) is 11.1 Å². The van der Waals surface area contributed by atoms with Gasteiger partial charge in [0.25, 0.3) is 0 Å². The van der Waals surface area contributed by atoms with Crippen molar-refractivity contribution in [2.24, 2.45) is 0 Å². The lowest BCUT2D eigenvalue weighted by atomic mass is 9.93. The minimum atomic E-state index is -3.87. The van der Waals surface area contributed by atoms with Crippen molar-refractivity contribution >= 4 is 50.5 Å². The van der Waals surface area contributed by atoms with E-state index >= 15 is 0 Å². The highest BCUT2D eigenvalue weighted by molar-refractivity contribution is 7.89. The van der Waals surface area contributed by atoms with Gasteiger partial charge in [-0.3, -0.25) is 9.69 Å². The van der Waals surface area contributed by atoms with Gasteiger partial charge < -0.3 is 4.90 Å². The molecule has 2 aliphatic heterocycles. The molecule has 0 spiro atoms. The van der Waals surface area contributed by atoms with Crippen molar-refractivity contribution in [1.29, 1.82) is 0 Å². The first-order valence-corrected chi connectivity index (χ1v) is 15.5. The van der Waals surface area contributed by atoms with E-state index in [1.54, 1.807) is 41.4 Å². The lowest BCUT2D eigenvalue weighted by molar-refractivity contribution is -0.133. The highest BCUT2D eigenvalue weighted by atomic mass is 35.5. The fourth-order valence-electron chi connectivity index (χ4n) is 5.40. The van der Waals surface area contributed by atoms with E-state index in [0.29, 0.717) is 24.5 Å². The largest absolute Gasteiger partial charge is 0.340 e. The third-order valence-electron chi connectivity index (χ3n) is 7.24. The van der Waals surface area contributed by atoms with Gasteiger partial charge >= 0.3 is 0 Å². The summed E-state index contributed by atoms with van der Waals surface area (Å²) in [5, 5.41) is 2.47. The molecular weight excluding hydrogens is 568 g/mol. The minimum absolute atomic E-state index is 0.0243. The van der Waals surface area contributed by atoms with Crippen molar-refractivity contribution in [3.05, 3.63) is 85.8 Å². The van der Waals surface area contributed by atoms with E-state index in [0.717, 1.165) is 18.5 Å². The maximum Gasteiger partial charge on any atom is 0.244 e. The molecule has 38 heavy (non-hydrogen) atoms. The summed E-state index contributed by atoms with van der Waals surface area (Å²) in [4.78, 5) is 18.5. The summed E-state index contributed by atoms with van der Waals surface area (Å²) in [6.45, 7) is 3.86. The minimum Gasteiger partial charge on any atom is -0.340 e. The van der Waals surface area contributed by atoms with Gasteiger partial charge in [-0.05, 0) is 66.2 Å². The van der Waals surface area contributed by atoms with Crippen LogP contribution in [0, 0.1) is 5.82 Å². The van der Waals surface area contributed by atoms with E-state index in [2.05, 4.69) is 16.3 Å². The van der Waals surface area contributed by atoms with E-state index < -0.39 is 16.1 Å². The predicted octanol–water partition coefficient (Wildman–Crippen LogP) is 5.45. The highest BCUT2D eigenvalue weighted by Crippen LogP contribution is 2.38. The number of hydrogen-bond donors (Lipinski definition) is 0. The van der Waals surface area contributed by atoms with Crippen LogP contribution in [0.5, 0.6) is 0 Å². The summed E-state index contributed by atoms with van der Waals surface area (Å²) in [7, 11) is -3.87. The number of fused-ring (bicyclic) bond motifs is 1. The zero-order chi connectivity index (χ0) is 27.0. The molecule has 1 amide bonds. The Bertz CT molecular complexity index is 1450. The summed E-state index contributed by atoms with van der Waals surface area (Å²) in [5.74, 6) is -0.300. The lowest BCUT2D eigenvalue weighted by Gasteiger charge is -2.40. The number of amides is 1. The van der Waals surface area contributed by atoms with Gasteiger partial charge in [0, 0.05) is 55.1 Å². The maximum atomic E-state index is 14.1. The molecular formula is C27H28Cl2FN3O3S2. The van der Waals surface area contributed by atoms with Gasteiger partial charge in [-0.2, -0.15) is 4.31 Å². The molecule has 2 aromatic carbocycles. The number of rotatable bonds is 6. The monoisotopic (exact) mass is 595 g/mol. The third kappa shape index (κ3) is 5.50. The third-order valence-corrected chi connectivity index (χ3v) is 11.0. The van der Waals surface area contributed by atoms with Gasteiger partial charge in [0.15, 0.2) is 0 Å². The summed E-state index contributed by atoms with van der Waals surface area (Å²) in [6.07, 6.45) is 1.19. The topological polar surface area (TPSA) is 60.9 Å². The van der Waals surface area contributed by atoms with Crippen molar-refractivity contribution < 1.29 is 17.6 Å². The molecule has 1 saturated heterocycles. The van der Waals surface area contributed by atoms with Crippen LogP contribution in [0.15, 0.2) is 58.8 Å². The van der Waals surface area contributed by atoms with E-state index in [1.807, 2.05) is 6.07 Å². The summed E-state index contributed by atoms with van der Waals surface area (Å²) in [5.41, 5.74) is 2.05. The first-order valence-electron chi connectivity index (χ1n) is 12.5. The first-order chi connectivity index (χ1) is 18.1. The van der Waals surface area contributed by atoms with Crippen LogP contribution in [-0.4, -0.2) is 67.2 Å². The molecule has 2 aliphatic rings. The van der Waals surface area contributed by atoms with Gasteiger partial charge in [-0.1, -0.05) is 35.3 Å². The fourth-order valence-corrected chi connectivity index (χ4v) is 8.66. The maximum absolute atomic E-state index is 14.1. The zero-order valence-electron chi connectivity index (χ0n) is 20.8. The summed E-state index contributed by atoms with van der Waals surface area (Å²) < 4.78 is 42.1. The number of hydrogen-bond acceptors (Lipinski definition) is 5. The molecule has 2 atom stereocenters. The first kappa shape index (κ1) is 27.6. The van der Waals surface area contributed by atoms with Gasteiger partial charge in [-0.15, -0.1) is 11.3 Å². The number of carbonyl (C=O) groups excluding carboxylic acids is 1. The molecule has 0 radical (unpaired) electrons. The van der Waals surface area contributed by atoms with Crippen LogP contribution in [0.3, 0.4) is 0 Å². The van der Waals surface area contributed by atoms with E-state index in [9.17, 15) is 17.6 Å². The normalized spacial score (nSPS) is 20.9. The Morgan fingerprint density at radius 3 is 2.68 bits per heavy atom. The Morgan fingerprint density at radius 2 is 1.92 bits per heavy atom. The number of nitrogens with zero attached hydrogens (tertiary/aromatic N) is 3. The predicted molar refractivity (Wildman–Crippen MR) is 149 cm³/mol. The molecule has 11 heteroatoms. The van der Waals surface area contributed by atoms with Crippen LogP contribution in [0.4, 0.5) is 4.39 Å². The molecule has 5 rings (SSSR count). The Balaban J connectivity index is 1.25. The molecule has 0 N–H and O–H groups in total. The van der Waals surface area contributed by atoms with E-state index in [4.69, 9.17) is 23.2 Å². The molecule has 202 valence electrons. The fraction of sp³-hybridized carbons (Fsp3) is 0.370. The lowest BCUT2D eigenvalue weighted by Crippen LogP contribution is -2.55. The Kier molecular flexibility index (Phi) is 8.14. The molecule has 3 aromatic rings.